The van der Waals surface area contributed by atoms with Gasteiger partial charge >= 0.3 is 0 Å². The lowest BCUT2D eigenvalue weighted by molar-refractivity contribution is -0.0417. The van der Waals surface area contributed by atoms with Crippen LogP contribution in [0.5, 0.6) is 0 Å². The maximum Gasteiger partial charge on any atom is 0.0882 e. The molecule has 2 aliphatic rings. The fraction of sp³-hybridized carbons (Fsp3) is 1.00. The molecule has 0 unspecified atom stereocenters. The molecule has 15 heavy (non-hydrogen) atoms. The van der Waals surface area contributed by atoms with Crippen molar-refractivity contribution in [3.63, 3.8) is 0 Å². The van der Waals surface area contributed by atoms with Gasteiger partial charge in [-0.05, 0) is 50.4 Å². The first-order valence-corrected chi connectivity index (χ1v) is 6.43. The lowest BCUT2D eigenvalue weighted by Crippen LogP contribution is -2.28. The molecule has 2 aliphatic carbocycles. The minimum Gasteiger partial charge on any atom is -0.387 e. The number of hydrogen-bond donors (Lipinski definition) is 1. The minimum absolute atomic E-state index is 0.421. The molecule has 0 aliphatic heterocycles. The summed E-state index contributed by atoms with van der Waals surface area (Å²) in [4.78, 5) is 0. The van der Waals surface area contributed by atoms with Gasteiger partial charge in [0.15, 0.2) is 0 Å². The first-order valence-electron chi connectivity index (χ1n) is 6.43. The molecule has 0 atom stereocenters. The Kier molecular flexibility index (Phi) is 3.36. The SMILES string of the molecule is CC(C)[C@H]1CC[C@H](OCC2(O)CC2)CC1. The lowest BCUT2D eigenvalue weighted by Gasteiger charge is -2.31. The van der Waals surface area contributed by atoms with Gasteiger partial charge < -0.3 is 9.84 Å². The fourth-order valence-electron chi connectivity index (χ4n) is 2.48. The van der Waals surface area contributed by atoms with Crippen molar-refractivity contribution in [3.8, 4) is 0 Å². The molecule has 0 radical (unpaired) electrons. The van der Waals surface area contributed by atoms with E-state index in [-0.39, 0.29) is 0 Å². The summed E-state index contributed by atoms with van der Waals surface area (Å²) in [6.45, 7) is 5.21. The van der Waals surface area contributed by atoms with Crippen molar-refractivity contribution in [1.82, 2.24) is 0 Å². The third-order valence-corrected chi connectivity index (χ3v) is 4.08. The van der Waals surface area contributed by atoms with E-state index in [9.17, 15) is 5.11 Å². The van der Waals surface area contributed by atoms with Crippen molar-refractivity contribution in [2.24, 2.45) is 11.8 Å². The molecular formula is C13H24O2. The van der Waals surface area contributed by atoms with Crippen molar-refractivity contribution in [2.45, 2.75) is 64.1 Å². The quantitative estimate of drug-likeness (QED) is 0.776. The summed E-state index contributed by atoms with van der Waals surface area (Å²) in [6.07, 6.45) is 7.30. The molecule has 1 N–H and O–H groups in total. The average Bonchev–Trinajstić information content (AvgIpc) is 2.95. The zero-order valence-corrected chi connectivity index (χ0v) is 10.0. The van der Waals surface area contributed by atoms with Gasteiger partial charge in [-0.25, -0.2) is 0 Å². The molecule has 0 aromatic heterocycles. The summed E-state index contributed by atoms with van der Waals surface area (Å²) < 4.78 is 5.79. The third-order valence-electron chi connectivity index (χ3n) is 4.08. The smallest absolute Gasteiger partial charge is 0.0882 e. The second-order valence-corrected chi connectivity index (χ2v) is 5.82. The Morgan fingerprint density at radius 3 is 2.27 bits per heavy atom. The van der Waals surface area contributed by atoms with Crippen LogP contribution in [-0.2, 0) is 4.74 Å². The predicted octanol–water partition coefficient (Wildman–Crippen LogP) is 2.74. The molecule has 2 heteroatoms. The summed E-state index contributed by atoms with van der Waals surface area (Å²) in [5, 5.41) is 9.67. The summed E-state index contributed by atoms with van der Waals surface area (Å²) in [5.41, 5.74) is -0.436. The zero-order chi connectivity index (χ0) is 10.9. The van der Waals surface area contributed by atoms with E-state index in [0.717, 1.165) is 24.7 Å². The highest BCUT2D eigenvalue weighted by atomic mass is 16.5. The van der Waals surface area contributed by atoms with E-state index in [0.29, 0.717) is 12.7 Å². The molecule has 0 saturated heterocycles. The van der Waals surface area contributed by atoms with Gasteiger partial charge in [-0.2, -0.15) is 0 Å². The molecule has 0 amide bonds. The van der Waals surface area contributed by atoms with Crippen LogP contribution in [0.4, 0.5) is 0 Å². The van der Waals surface area contributed by atoms with Gasteiger partial charge in [0.1, 0.15) is 0 Å². The van der Waals surface area contributed by atoms with E-state index in [4.69, 9.17) is 4.74 Å². The van der Waals surface area contributed by atoms with Crippen LogP contribution in [0.15, 0.2) is 0 Å². The van der Waals surface area contributed by atoms with Crippen LogP contribution in [0.1, 0.15) is 52.4 Å². The minimum atomic E-state index is -0.436. The second kappa shape index (κ2) is 4.42. The molecule has 88 valence electrons. The Morgan fingerprint density at radius 1 is 1.20 bits per heavy atom. The number of rotatable bonds is 4. The normalized spacial score (nSPS) is 34.4. The van der Waals surface area contributed by atoms with E-state index >= 15 is 0 Å². The monoisotopic (exact) mass is 212 g/mol. The van der Waals surface area contributed by atoms with Crippen LogP contribution < -0.4 is 0 Å². The van der Waals surface area contributed by atoms with Crippen LogP contribution in [-0.4, -0.2) is 23.4 Å². The van der Waals surface area contributed by atoms with Crippen molar-refractivity contribution in [2.75, 3.05) is 6.61 Å². The highest BCUT2D eigenvalue weighted by Crippen LogP contribution is 2.37. The molecule has 0 heterocycles. The Hall–Kier alpha value is -0.0800. The fourth-order valence-corrected chi connectivity index (χ4v) is 2.48. The highest BCUT2D eigenvalue weighted by Gasteiger charge is 2.41. The first-order chi connectivity index (χ1) is 7.09. The van der Waals surface area contributed by atoms with Gasteiger partial charge in [-0.1, -0.05) is 13.8 Å². The number of hydrogen-bond acceptors (Lipinski definition) is 2. The maximum atomic E-state index is 9.67. The molecule has 2 nitrogen and oxygen atoms in total. The lowest BCUT2D eigenvalue weighted by atomic mass is 9.80. The summed E-state index contributed by atoms with van der Waals surface area (Å²) in [7, 11) is 0. The van der Waals surface area contributed by atoms with Gasteiger partial charge in [-0.15, -0.1) is 0 Å². The number of ether oxygens (including phenoxy) is 1. The Bertz CT molecular complexity index is 201. The number of aliphatic hydroxyl groups is 1. The molecular weight excluding hydrogens is 188 g/mol. The van der Waals surface area contributed by atoms with Crippen LogP contribution in [0.2, 0.25) is 0 Å². The Balaban J connectivity index is 1.65. The molecule has 2 rings (SSSR count). The van der Waals surface area contributed by atoms with E-state index in [2.05, 4.69) is 13.8 Å². The molecule has 0 aromatic carbocycles. The third kappa shape index (κ3) is 3.18. The molecule has 2 saturated carbocycles. The molecule has 0 bridgehead atoms. The van der Waals surface area contributed by atoms with E-state index < -0.39 is 5.60 Å². The predicted molar refractivity (Wildman–Crippen MR) is 60.7 cm³/mol. The van der Waals surface area contributed by atoms with Crippen LogP contribution in [0, 0.1) is 11.8 Å². The van der Waals surface area contributed by atoms with Gasteiger partial charge in [0.25, 0.3) is 0 Å². The largest absolute Gasteiger partial charge is 0.387 e. The van der Waals surface area contributed by atoms with Gasteiger partial charge in [0.2, 0.25) is 0 Å². The average molecular weight is 212 g/mol. The van der Waals surface area contributed by atoms with E-state index in [1.165, 1.54) is 25.7 Å². The summed E-state index contributed by atoms with van der Waals surface area (Å²) in [6, 6.07) is 0. The standard InChI is InChI=1S/C13H24O2/c1-10(2)11-3-5-12(6-4-11)15-9-13(14)7-8-13/h10-12,14H,3-9H2,1-2H3/t11-,12-. The van der Waals surface area contributed by atoms with Crippen LogP contribution >= 0.6 is 0 Å². The Labute approximate surface area is 93.0 Å². The van der Waals surface area contributed by atoms with Gasteiger partial charge in [-0.3, -0.25) is 0 Å². The van der Waals surface area contributed by atoms with Crippen LogP contribution in [0.3, 0.4) is 0 Å². The first kappa shape index (κ1) is 11.4. The topological polar surface area (TPSA) is 29.5 Å². The Morgan fingerprint density at radius 2 is 1.80 bits per heavy atom. The van der Waals surface area contributed by atoms with Gasteiger partial charge in [0.05, 0.1) is 18.3 Å². The summed E-state index contributed by atoms with van der Waals surface area (Å²) in [5.74, 6) is 1.72. The van der Waals surface area contributed by atoms with Crippen LogP contribution in [0.25, 0.3) is 0 Å². The molecule has 2 fully saturated rings. The van der Waals surface area contributed by atoms with E-state index in [1.807, 2.05) is 0 Å². The zero-order valence-electron chi connectivity index (χ0n) is 10.0. The van der Waals surface area contributed by atoms with Crippen molar-refractivity contribution >= 4 is 0 Å². The second-order valence-electron chi connectivity index (χ2n) is 5.82. The van der Waals surface area contributed by atoms with Crippen molar-refractivity contribution in [1.29, 1.82) is 0 Å². The highest BCUT2D eigenvalue weighted by molar-refractivity contribution is 4.93. The summed E-state index contributed by atoms with van der Waals surface area (Å²) >= 11 is 0. The molecule has 0 aromatic rings. The van der Waals surface area contributed by atoms with Crippen molar-refractivity contribution < 1.29 is 9.84 Å². The van der Waals surface area contributed by atoms with Crippen molar-refractivity contribution in [3.05, 3.63) is 0 Å². The molecule has 0 spiro atoms. The van der Waals surface area contributed by atoms with E-state index in [1.54, 1.807) is 0 Å². The maximum absolute atomic E-state index is 9.67. The van der Waals surface area contributed by atoms with Gasteiger partial charge in [0, 0.05) is 0 Å².